The number of carbonyl (C=O) groups is 1. The Hall–Kier alpha value is -4.26. The number of para-hydroxylation sites is 1. The molecule has 2 aromatic carbocycles. The van der Waals surface area contributed by atoms with Gasteiger partial charge in [-0.1, -0.05) is 48.5 Å². The number of methoxy groups -OCH3 is 1. The van der Waals surface area contributed by atoms with Crippen LogP contribution in [0.15, 0.2) is 85.1 Å². The Bertz CT molecular complexity index is 1150. The maximum atomic E-state index is 12.1. The average molecular weight is 413 g/mol. The van der Waals surface area contributed by atoms with Gasteiger partial charge in [0.15, 0.2) is 11.4 Å². The first-order valence-electron chi connectivity index (χ1n) is 9.55. The van der Waals surface area contributed by atoms with Crippen LogP contribution in [0, 0.1) is 0 Å². The Kier molecular flexibility index (Phi) is 6.13. The van der Waals surface area contributed by atoms with Crippen molar-refractivity contribution in [1.82, 2.24) is 15.2 Å². The largest absolute Gasteiger partial charge is 0.486 e. The number of pyridine rings is 1. The summed E-state index contributed by atoms with van der Waals surface area (Å²) >= 11 is 0. The van der Waals surface area contributed by atoms with Crippen molar-refractivity contribution in [2.45, 2.75) is 6.61 Å². The first-order valence-corrected chi connectivity index (χ1v) is 9.55. The number of carbonyl (C=O) groups excluding carboxylic acids is 1. The highest BCUT2D eigenvalue weighted by atomic mass is 16.5. The minimum absolute atomic E-state index is 0.0965. The number of nitrogens with zero attached hydrogens (tertiary/aromatic N) is 3. The van der Waals surface area contributed by atoms with E-state index in [4.69, 9.17) is 14.2 Å². The zero-order valence-corrected chi connectivity index (χ0v) is 16.8. The van der Waals surface area contributed by atoms with Crippen LogP contribution in [-0.2, 0) is 11.3 Å². The van der Waals surface area contributed by atoms with Crippen molar-refractivity contribution in [3.63, 3.8) is 0 Å². The molecule has 0 saturated heterocycles. The first kappa shape index (κ1) is 20.0. The standard InChI is InChI=1S/C24H19N3O4/c1-29-24(28)23-21(30-16-17-8-4-2-5-9-17)14-18(15-25-23)20-12-13-22(27-26-20)31-19-10-6-3-7-11-19/h2-15H,16H2,1H3. The quantitative estimate of drug-likeness (QED) is 0.406. The van der Waals surface area contributed by atoms with Gasteiger partial charge in [0.05, 0.1) is 12.8 Å². The molecule has 0 N–H and O–H groups in total. The Morgan fingerprint density at radius 3 is 2.32 bits per heavy atom. The van der Waals surface area contributed by atoms with Gasteiger partial charge in [0.25, 0.3) is 0 Å². The molecule has 2 aromatic heterocycles. The zero-order chi connectivity index (χ0) is 21.5. The fourth-order valence-corrected chi connectivity index (χ4v) is 2.82. The topological polar surface area (TPSA) is 83.4 Å². The van der Waals surface area contributed by atoms with Gasteiger partial charge in [-0.05, 0) is 29.8 Å². The van der Waals surface area contributed by atoms with Gasteiger partial charge in [0.1, 0.15) is 12.4 Å². The van der Waals surface area contributed by atoms with Gasteiger partial charge >= 0.3 is 5.97 Å². The van der Waals surface area contributed by atoms with Crippen LogP contribution in [0.2, 0.25) is 0 Å². The predicted octanol–water partition coefficient (Wildman–Crippen LogP) is 4.70. The number of aromatic nitrogens is 3. The monoisotopic (exact) mass is 413 g/mol. The van der Waals surface area contributed by atoms with Crippen LogP contribution in [0.4, 0.5) is 0 Å². The second-order valence-electron chi connectivity index (χ2n) is 6.51. The molecule has 0 radical (unpaired) electrons. The lowest BCUT2D eigenvalue weighted by Crippen LogP contribution is -2.09. The molecule has 0 spiro atoms. The number of benzene rings is 2. The van der Waals surface area contributed by atoms with Gasteiger partial charge in [-0.25, -0.2) is 9.78 Å². The molecule has 0 atom stereocenters. The highest BCUT2D eigenvalue weighted by molar-refractivity contribution is 5.90. The lowest BCUT2D eigenvalue weighted by Gasteiger charge is -2.11. The third kappa shape index (κ3) is 5.02. The van der Waals surface area contributed by atoms with Crippen molar-refractivity contribution >= 4 is 5.97 Å². The summed E-state index contributed by atoms with van der Waals surface area (Å²) in [6.07, 6.45) is 1.53. The second kappa shape index (κ2) is 9.49. The highest BCUT2D eigenvalue weighted by Gasteiger charge is 2.17. The lowest BCUT2D eigenvalue weighted by atomic mass is 10.1. The third-order valence-corrected chi connectivity index (χ3v) is 4.37. The fraction of sp³-hybridized carbons (Fsp3) is 0.0833. The van der Waals surface area contributed by atoms with E-state index < -0.39 is 5.97 Å². The summed E-state index contributed by atoms with van der Waals surface area (Å²) in [6, 6.07) is 24.1. The summed E-state index contributed by atoms with van der Waals surface area (Å²) in [4.78, 5) is 16.3. The molecule has 0 unspecified atom stereocenters. The first-order chi connectivity index (χ1) is 15.2. The smallest absolute Gasteiger partial charge is 0.360 e. The van der Waals surface area contributed by atoms with Gasteiger partial charge in [-0.15, -0.1) is 10.2 Å². The van der Waals surface area contributed by atoms with E-state index in [0.29, 0.717) is 28.6 Å². The van der Waals surface area contributed by atoms with Crippen LogP contribution in [0.25, 0.3) is 11.3 Å². The van der Waals surface area contributed by atoms with Gasteiger partial charge in [-0.2, -0.15) is 0 Å². The lowest BCUT2D eigenvalue weighted by molar-refractivity contribution is 0.0588. The van der Waals surface area contributed by atoms with Gasteiger partial charge in [0, 0.05) is 17.8 Å². The van der Waals surface area contributed by atoms with Crippen LogP contribution < -0.4 is 9.47 Å². The Balaban J connectivity index is 1.57. The maximum absolute atomic E-state index is 12.1. The number of hydrogen-bond donors (Lipinski definition) is 0. The Labute approximate surface area is 179 Å². The molecule has 0 bridgehead atoms. The minimum atomic E-state index is -0.577. The fourth-order valence-electron chi connectivity index (χ4n) is 2.82. The van der Waals surface area contributed by atoms with Crippen LogP contribution in [0.1, 0.15) is 16.1 Å². The van der Waals surface area contributed by atoms with Gasteiger partial charge in [0.2, 0.25) is 5.88 Å². The van der Waals surface area contributed by atoms with E-state index in [1.54, 1.807) is 18.2 Å². The molecule has 4 rings (SSSR count). The van der Waals surface area contributed by atoms with Crippen LogP contribution in [0.3, 0.4) is 0 Å². The zero-order valence-electron chi connectivity index (χ0n) is 16.8. The van der Waals surface area contributed by atoms with E-state index in [-0.39, 0.29) is 12.3 Å². The Morgan fingerprint density at radius 1 is 0.903 bits per heavy atom. The van der Waals surface area contributed by atoms with E-state index in [0.717, 1.165) is 5.56 Å². The summed E-state index contributed by atoms with van der Waals surface area (Å²) in [6.45, 7) is 0.283. The summed E-state index contributed by atoms with van der Waals surface area (Å²) in [5.41, 5.74) is 2.27. The van der Waals surface area contributed by atoms with Crippen molar-refractivity contribution in [1.29, 1.82) is 0 Å². The molecule has 154 valence electrons. The van der Waals surface area contributed by atoms with Gasteiger partial charge < -0.3 is 14.2 Å². The number of rotatable bonds is 7. The molecule has 0 saturated carbocycles. The molecule has 4 aromatic rings. The highest BCUT2D eigenvalue weighted by Crippen LogP contribution is 2.27. The molecule has 31 heavy (non-hydrogen) atoms. The number of esters is 1. The molecule has 2 heterocycles. The number of ether oxygens (including phenoxy) is 3. The summed E-state index contributed by atoms with van der Waals surface area (Å²) in [5.74, 6) is 0.770. The number of hydrogen-bond acceptors (Lipinski definition) is 7. The van der Waals surface area contributed by atoms with E-state index >= 15 is 0 Å². The summed E-state index contributed by atoms with van der Waals surface area (Å²) < 4.78 is 16.4. The van der Waals surface area contributed by atoms with Crippen molar-refractivity contribution in [2.24, 2.45) is 0 Å². The molecule has 0 amide bonds. The third-order valence-electron chi connectivity index (χ3n) is 4.37. The average Bonchev–Trinajstić information content (AvgIpc) is 2.84. The molecule has 0 fully saturated rings. The van der Waals surface area contributed by atoms with E-state index in [9.17, 15) is 4.79 Å². The van der Waals surface area contributed by atoms with E-state index in [2.05, 4.69) is 15.2 Å². The molecular formula is C24H19N3O4. The minimum Gasteiger partial charge on any atom is -0.486 e. The van der Waals surface area contributed by atoms with Gasteiger partial charge in [-0.3, -0.25) is 0 Å². The molecular weight excluding hydrogens is 394 g/mol. The molecule has 7 heteroatoms. The maximum Gasteiger partial charge on any atom is 0.360 e. The second-order valence-corrected chi connectivity index (χ2v) is 6.51. The van der Waals surface area contributed by atoms with Crippen molar-refractivity contribution in [3.8, 4) is 28.6 Å². The molecule has 0 aliphatic rings. The normalized spacial score (nSPS) is 10.4. The van der Waals surface area contributed by atoms with Crippen LogP contribution in [-0.4, -0.2) is 28.3 Å². The van der Waals surface area contributed by atoms with Crippen LogP contribution >= 0.6 is 0 Å². The Morgan fingerprint density at radius 2 is 1.65 bits per heavy atom. The summed E-state index contributed by atoms with van der Waals surface area (Å²) in [7, 11) is 1.30. The molecule has 0 aliphatic carbocycles. The molecule has 0 aliphatic heterocycles. The van der Waals surface area contributed by atoms with E-state index in [1.807, 2.05) is 60.7 Å². The van der Waals surface area contributed by atoms with Crippen molar-refractivity contribution in [2.75, 3.05) is 7.11 Å². The molecule has 7 nitrogen and oxygen atoms in total. The summed E-state index contributed by atoms with van der Waals surface area (Å²) in [5, 5.41) is 8.33. The van der Waals surface area contributed by atoms with E-state index in [1.165, 1.54) is 13.3 Å². The van der Waals surface area contributed by atoms with Crippen molar-refractivity contribution in [3.05, 3.63) is 96.3 Å². The van der Waals surface area contributed by atoms with Crippen LogP contribution in [0.5, 0.6) is 17.4 Å². The predicted molar refractivity (Wildman–Crippen MR) is 114 cm³/mol. The van der Waals surface area contributed by atoms with Crippen molar-refractivity contribution < 1.29 is 19.0 Å². The SMILES string of the molecule is COC(=O)c1ncc(-c2ccc(Oc3ccccc3)nn2)cc1OCc1ccccc1.